The number of rotatable bonds is 6. The zero-order valence-corrected chi connectivity index (χ0v) is 15.0. The van der Waals surface area contributed by atoms with Crippen LogP contribution in [0.15, 0.2) is 53.5 Å². The van der Waals surface area contributed by atoms with Gasteiger partial charge in [0.1, 0.15) is 11.3 Å². The van der Waals surface area contributed by atoms with Gasteiger partial charge in [0.2, 0.25) is 0 Å². The summed E-state index contributed by atoms with van der Waals surface area (Å²) >= 11 is 0. The van der Waals surface area contributed by atoms with Gasteiger partial charge in [0.05, 0.1) is 6.54 Å². The first-order valence-corrected chi connectivity index (χ1v) is 8.66. The second-order valence-corrected chi connectivity index (χ2v) is 6.54. The van der Waals surface area contributed by atoms with Crippen LogP contribution in [0.3, 0.4) is 0 Å². The zero-order valence-electron chi connectivity index (χ0n) is 15.0. The van der Waals surface area contributed by atoms with Crippen LogP contribution < -0.4 is 10.5 Å². The highest BCUT2D eigenvalue weighted by atomic mass is 19.3. The van der Waals surface area contributed by atoms with Gasteiger partial charge in [-0.2, -0.15) is 8.78 Å². The Balaban J connectivity index is 2.05. The van der Waals surface area contributed by atoms with Gasteiger partial charge in [-0.05, 0) is 35.2 Å². The number of hydrogen-bond acceptors (Lipinski definition) is 4. The fraction of sp³-hybridized carbons (Fsp3) is 0.350. The van der Waals surface area contributed by atoms with Gasteiger partial charge in [-0.3, -0.25) is 0 Å². The SMILES string of the molecule is CCCc1cccc([C@]2(c3ccc(OC(F)F)cc3)CN(C)C(N)=N2)c1. The summed E-state index contributed by atoms with van der Waals surface area (Å²) < 4.78 is 29.3. The van der Waals surface area contributed by atoms with Gasteiger partial charge in [0.15, 0.2) is 5.96 Å². The number of halogens is 2. The smallest absolute Gasteiger partial charge is 0.387 e. The summed E-state index contributed by atoms with van der Waals surface area (Å²) in [5.74, 6) is 0.584. The number of likely N-dealkylation sites (N-methyl/N-ethyl adjacent to an activating group) is 1. The quantitative estimate of drug-likeness (QED) is 0.855. The summed E-state index contributed by atoms with van der Waals surface area (Å²) in [6.07, 6.45) is 2.04. The van der Waals surface area contributed by atoms with E-state index in [1.165, 1.54) is 5.56 Å². The number of aryl methyl sites for hydroxylation is 1. The topological polar surface area (TPSA) is 50.9 Å². The van der Waals surface area contributed by atoms with E-state index in [-0.39, 0.29) is 5.75 Å². The molecule has 6 heteroatoms. The van der Waals surface area contributed by atoms with Crippen LogP contribution in [-0.4, -0.2) is 31.1 Å². The highest BCUT2D eigenvalue weighted by molar-refractivity contribution is 5.81. The van der Waals surface area contributed by atoms with Crippen molar-refractivity contribution in [3.05, 3.63) is 65.2 Å². The zero-order chi connectivity index (χ0) is 18.7. The van der Waals surface area contributed by atoms with E-state index >= 15 is 0 Å². The van der Waals surface area contributed by atoms with Crippen molar-refractivity contribution < 1.29 is 13.5 Å². The highest BCUT2D eigenvalue weighted by Gasteiger charge is 2.40. The lowest BCUT2D eigenvalue weighted by atomic mass is 9.82. The van der Waals surface area contributed by atoms with E-state index in [0.29, 0.717) is 12.5 Å². The highest BCUT2D eigenvalue weighted by Crippen LogP contribution is 2.39. The first kappa shape index (κ1) is 18.2. The lowest BCUT2D eigenvalue weighted by Gasteiger charge is -2.28. The number of nitrogens with zero attached hydrogens (tertiary/aromatic N) is 2. The average molecular weight is 359 g/mol. The minimum absolute atomic E-state index is 0.127. The molecule has 1 aliphatic rings. The van der Waals surface area contributed by atoms with Crippen LogP contribution in [0.25, 0.3) is 0 Å². The first-order valence-electron chi connectivity index (χ1n) is 8.66. The molecule has 1 heterocycles. The van der Waals surface area contributed by atoms with Crippen LogP contribution in [0.5, 0.6) is 5.75 Å². The molecule has 0 spiro atoms. The molecule has 3 rings (SSSR count). The van der Waals surface area contributed by atoms with Gasteiger partial charge in [0.25, 0.3) is 0 Å². The molecule has 0 saturated heterocycles. The summed E-state index contributed by atoms with van der Waals surface area (Å²) in [6, 6.07) is 15.0. The Labute approximate surface area is 152 Å². The third kappa shape index (κ3) is 3.49. The van der Waals surface area contributed by atoms with Crippen LogP contribution in [-0.2, 0) is 12.0 Å². The van der Waals surface area contributed by atoms with Crippen molar-refractivity contribution in [3.8, 4) is 5.75 Å². The minimum atomic E-state index is -2.84. The molecule has 26 heavy (non-hydrogen) atoms. The van der Waals surface area contributed by atoms with Gasteiger partial charge < -0.3 is 15.4 Å². The molecular weight excluding hydrogens is 336 g/mol. The molecule has 0 aromatic heterocycles. The van der Waals surface area contributed by atoms with Crippen molar-refractivity contribution in [3.63, 3.8) is 0 Å². The monoisotopic (exact) mass is 359 g/mol. The third-order valence-electron chi connectivity index (χ3n) is 4.66. The van der Waals surface area contributed by atoms with Crippen molar-refractivity contribution in [1.82, 2.24) is 4.90 Å². The second kappa shape index (κ2) is 7.32. The molecule has 2 aromatic carbocycles. The molecule has 1 aliphatic heterocycles. The predicted molar refractivity (Wildman–Crippen MR) is 98.5 cm³/mol. The third-order valence-corrected chi connectivity index (χ3v) is 4.66. The van der Waals surface area contributed by atoms with E-state index < -0.39 is 12.2 Å². The first-order chi connectivity index (χ1) is 12.4. The number of aliphatic imine (C=N–C) groups is 1. The van der Waals surface area contributed by atoms with Crippen molar-refractivity contribution in [2.24, 2.45) is 10.7 Å². The van der Waals surface area contributed by atoms with E-state index in [1.807, 2.05) is 24.1 Å². The molecule has 4 nitrogen and oxygen atoms in total. The summed E-state index contributed by atoms with van der Waals surface area (Å²) in [7, 11) is 1.89. The van der Waals surface area contributed by atoms with Gasteiger partial charge >= 0.3 is 6.61 Å². The summed E-state index contributed by atoms with van der Waals surface area (Å²) in [5.41, 5.74) is 8.58. The Morgan fingerprint density at radius 2 is 1.92 bits per heavy atom. The van der Waals surface area contributed by atoms with Crippen LogP contribution in [0.4, 0.5) is 8.78 Å². The maximum atomic E-state index is 12.4. The number of benzene rings is 2. The standard InChI is InChI=1S/C20H23F2N3O/c1-3-5-14-6-4-7-16(12-14)20(13-25(2)19(23)24-20)15-8-10-17(11-9-15)26-18(21)22/h4,6-12,18H,3,5,13H2,1-2H3,(H2,23,24)/t20-/m1/s1. The molecule has 2 N–H and O–H groups in total. The molecule has 0 bridgehead atoms. The number of nitrogens with two attached hydrogens (primary N) is 1. The van der Waals surface area contributed by atoms with E-state index in [4.69, 9.17) is 10.7 Å². The predicted octanol–water partition coefficient (Wildman–Crippen LogP) is 3.74. The van der Waals surface area contributed by atoms with Crippen LogP contribution in [0.1, 0.15) is 30.0 Å². The lowest BCUT2D eigenvalue weighted by Crippen LogP contribution is -2.34. The summed E-state index contributed by atoms with van der Waals surface area (Å²) in [6.45, 7) is -0.112. The van der Waals surface area contributed by atoms with Crippen LogP contribution >= 0.6 is 0 Å². The number of hydrogen-bond donors (Lipinski definition) is 1. The number of ether oxygens (including phenoxy) is 1. The van der Waals surface area contributed by atoms with Crippen LogP contribution in [0, 0.1) is 0 Å². The fourth-order valence-electron chi connectivity index (χ4n) is 3.40. The molecule has 0 unspecified atom stereocenters. The maximum Gasteiger partial charge on any atom is 0.387 e. The molecule has 0 radical (unpaired) electrons. The lowest BCUT2D eigenvalue weighted by molar-refractivity contribution is -0.0498. The maximum absolute atomic E-state index is 12.4. The van der Waals surface area contributed by atoms with E-state index in [0.717, 1.165) is 24.0 Å². The Morgan fingerprint density at radius 1 is 1.19 bits per heavy atom. The van der Waals surface area contributed by atoms with Gasteiger partial charge in [-0.15, -0.1) is 0 Å². The Hall–Kier alpha value is -2.63. The Morgan fingerprint density at radius 3 is 2.50 bits per heavy atom. The summed E-state index contributed by atoms with van der Waals surface area (Å²) in [5, 5.41) is 0. The van der Waals surface area contributed by atoms with Crippen molar-refractivity contribution in [1.29, 1.82) is 0 Å². The van der Waals surface area contributed by atoms with Gasteiger partial charge in [-0.25, -0.2) is 4.99 Å². The molecule has 0 fully saturated rings. The number of alkyl halides is 2. The molecule has 0 aliphatic carbocycles. The van der Waals surface area contributed by atoms with E-state index in [2.05, 4.69) is 23.8 Å². The van der Waals surface area contributed by atoms with Crippen molar-refractivity contribution in [2.45, 2.75) is 31.9 Å². The van der Waals surface area contributed by atoms with E-state index in [1.54, 1.807) is 24.3 Å². The summed E-state index contributed by atoms with van der Waals surface area (Å²) in [4.78, 5) is 6.66. The van der Waals surface area contributed by atoms with E-state index in [9.17, 15) is 8.78 Å². The fourth-order valence-corrected chi connectivity index (χ4v) is 3.40. The largest absolute Gasteiger partial charge is 0.435 e. The Bertz CT molecular complexity index is 792. The number of guanidine groups is 1. The average Bonchev–Trinajstić information content (AvgIpc) is 2.92. The Kier molecular flexibility index (Phi) is 5.11. The molecule has 1 atom stereocenters. The van der Waals surface area contributed by atoms with Crippen molar-refractivity contribution in [2.75, 3.05) is 13.6 Å². The molecule has 2 aromatic rings. The molecular formula is C20H23F2N3O. The molecule has 0 saturated carbocycles. The minimum Gasteiger partial charge on any atom is -0.435 e. The molecule has 0 amide bonds. The van der Waals surface area contributed by atoms with Gasteiger partial charge in [0, 0.05) is 7.05 Å². The van der Waals surface area contributed by atoms with Crippen molar-refractivity contribution >= 4 is 5.96 Å². The van der Waals surface area contributed by atoms with Gasteiger partial charge in [-0.1, -0.05) is 49.7 Å². The normalized spacial score (nSPS) is 19.7. The second-order valence-electron chi connectivity index (χ2n) is 6.54. The van der Waals surface area contributed by atoms with Crippen LogP contribution in [0.2, 0.25) is 0 Å². The molecule has 138 valence electrons.